The molecule has 1 aromatic heterocycles. The van der Waals surface area contributed by atoms with Crippen LogP contribution in [-0.4, -0.2) is 51.1 Å². The molecular formula is C22H24ClN3O6S. The Hall–Kier alpha value is -3.08. The van der Waals surface area contributed by atoms with Crippen LogP contribution in [-0.2, 0) is 23.1 Å². The molecule has 0 saturated carbocycles. The second-order valence-electron chi connectivity index (χ2n) is 6.81. The van der Waals surface area contributed by atoms with E-state index in [4.69, 9.17) is 30.5 Å². The number of hydrogen-bond acceptors (Lipinski definition) is 8. The molecule has 0 atom stereocenters. The quantitative estimate of drug-likeness (QED) is 0.422. The van der Waals surface area contributed by atoms with Gasteiger partial charge < -0.3 is 18.9 Å². The molecule has 0 saturated heterocycles. The average Bonchev–Trinajstić information content (AvgIpc) is 2.83. The topological polar surface area (TPSA) is 100 Å². The van der Waals surface area contributed by atoms with Crippen LogP contribution in [0.15, 0.2) is 53.8 Å². The predicted octanol–water partition coefficient (Wildman–Crippen LogP) is 3.56. The number of sulfonamides is 1. The van der Waals surface area contributed by atoms with Gasteiger partial charge in [0.05, 0.1) is 40.8 Å². The van der Waals surface area contributed by atoms with Crippen molar-refractivity contribution >= 4 is 21.6 Å². The van der Waals surface area contributed by atoms with Gasteiger partial charge in [0.2, 0.25) is 0 Å². The fraction of sp³-hybridized carbons (Fsp3) is 0.273. The minimum absolute atomic E-state index is 0.0150. The van der Waals surface area contributed by atoms with Gasteiger partial charge in [0.25, 0.3) is 10.0 Å². The second kappa shape index (κ2) is 10.7. The van der Waals surface area contributed by atoms with Gasteiger partial charge in [-0.3, -0.25) is 4.98 Å². The molecular weight excluding hydrogens is 470 g/mol. The Morgan fingerprint density at radius 3 is 1.76 bits per heavy atom. The standard InChI is InChI=1S/C22H24ClN3O6S/c1-29-17-7-5-15(19(9-17)31-3)13-26(33(27,28)22-12-24-11-21(23)25-22)14-16-6-8-18(30-2)10-20(16)32-4/h5-12H,13-14H2,1-4H3. The zero-order valence-corrected chi connectivity index (χ0v) is 20.2. The Bertz CT molecular complexity index is 1170. The van der Waals surface area contributed by atoms with Crippen LogP contribution in [0.1, 0.15) is 11.1 Å². The largest absolute Gasteiger partial charge is 0.497 e. The van der Waals surface area contributed by atoms with Crippen molar-refractivity contribution in [2.24, 2.45) is 0 Å². The minimum atomic E-state index is -4.10. The Balaban J connectivity index is 2.07. The second-order valence-corrected chi connectivity index (χ2v) is 9.08. The van der Waals surface area contributed by atoms with Crippen molar-refractivity contribution in [1.29, 1.82) is 0 Å². The van der Waals surface area contributed by atoms with Gasteiger partial charge >= 0.3 is 0 Å². The van der Waals surface area contributed by atoms with Crippen LogP contribution in [0.25, 0.3) is 0 Å². The lowest BCUT2D eigenvalue weighted by Gasteiger charge is -2.24. The zero-order chi connectivity index (χ0) is 24.0. The third kappa shape index (κ3) is 5.65. The number of halogens is 1. The lowest BCUT2D eigenvalue weighted by atomic mass is 10.1. The van der Waals surface area contributed by atoms with Crippen LogP contribution in [0.4, 0.5) is 0 Å². The van der Waals surface area contributed by atoms with Crippen molar-refractivity contribution in [3.05, 3.63) is 65.1 Å². The van der Waals surface area contributed by atoms with Crippen LogP contribution in [0.2, 0.25) is 5.15 Å². The number of methoxy groups -OCH3 is 4. The van der Waals surface area contributed by atoms with Crippen LogP contribution in [0, 0.1) is 0 Å². The lowest BCUT2D eigenvalue weighted by molar-refractivity contribution is 0.357. The van der Waals surface area contributed by atoms with E-state index in [0.29, 0.717) is 34.1 Å². The first-order valence-electron chi connectivity index (χ1n) is 9.72. The molecule has 176 valence electrons. The molecule has 0 aliphatic heterocycles. The maximum Gasteiger partial charge on any atom is 0.262 e. The van der Waals surface area contributed by atoms with Crippen molar-refractivity contribution < 1.29 is 27.4 Å². The number of hydrogen-bond donors (Lipinski definition) is 0. The van der Waals surface area contributed by atoms with E-state index in [9.17, 15) is 8.42 Å². The molecule has 2 aromatic carbocycles. The van der Waals surface area contributed by atoms with E-state index in [1.807, 2.05) is 0 Å². The number of ether oxygens (including phenoxy) is 4. The zero-order valence-electron chi connectivity index (χ0n) is 18.6. The average molecular weight is 494 g/mol. The van der Waals surface area contributed by atoms with Crippen LogP contribution in [0.3, 0.4) is 0 Å². The monoisotopic (exact) mass is 493 g/mol. The molecule has 0 aliphatic rings. The molecule has 0 radical (unpaired) electrons. The van der Waals surface area contributed by atoms with E-state index >= 15 is 0 Å². The molecule has 11 heteroatoms. The van der Waals surface area contributed by atoms with Crippen molar-refractivity contribution in [3.63, 3.8) is 0 Å². The van der Waals surface area contributed by atoms with E-state index in [2.05, 4.69) is 9.97 Å². The van der Waals surface area contributed by atoms with Crippen LogP contribution < -0.4 is 18.9 Å². The fourth-order valence-corrected chi connectivity index (χ4v) is 4.64. The summed E-state index contributed by atoms with van der Waals surface area (Å²) in [5.41, 5.74) is 1.26. The van der Waals surface area contributed by atoms with E-state index in [1.54, 1.807) is 50.6 Å². The Labute approximate surface area is 197 Å². The lowest BCUT2D eigenvalue weighted by Crippen LogP contribution is -2.31. The first-order valence-corrected chi connectivity index (χ1v) is 11.5. The highest BCUT2D eigenvalue weighted by Crippen LogP contribution is 2.31. The van der Waals surface area contributed by atoms with Crippen molar-refractivity contribution in [2.75, 3.05) is 28.4 Å². The molecule has 0 bridgehead atoms. The summed E-state index contributed by atoms with van der Waals surface area (Å²) in [4.78, 5) is 7.84. The van der Waals surface area contributed by atoms with E-state index < -0.39 is 10.0 Å². The van der Waals surface area contributed by atoms with Gasteiger partial charge in [-0.2, -0.15) is 4.31 Å². The van der Waals surface area contributed by atoms with Gasteiger partial charge in [-0.05, 0) is 12.1 Å². The highest BCUT2D eigenvalue weighted by Gasteiger charge is 2.29. The fourth-order valence-electron chi connectivity index (χ4n) is 3.15. The molecule has 33 heavy (non-hydrogen) atoms. The van der Waals surface area contributed by atoms with Crippen LogP contribution in [0.5, 0.6) is 23.0 Å². The van der Waals surface area contributed by atoms with Gasteiger partial charge in [0.15, 0.2) is 5.03 Å². The summed E-state index contributed by atoms with van der Waals surface area (Å²) in [6, 6.07) is 10.3. The first kappa shape index (κ1) is 24.6. The molecule has 0 amide bonds. The normalized spacial score (nSPS) is 11.3. The van der Waals surface area contributed by atoms with Gasteiger partial charge in [-0.15, -0.1) is 0 Å². The highest BCUT2D eigenvalue weighted by atomic mass is 35.5. The van der Waals surface area contributed by atoms with Gasteiger partial charge in [-0.1, -0.05) is 23.7 Å². The summed E-state index contributed by atoms with van der Waals surface area (Å²) >= 11 is 5.91. The predicted molar refractivity (Wildman–Crippen MR) is 123 cm³/mol. The van der Waals surface area contributed by atoms with Gasteiger partial charge in [-0.25, -0.2) is 13.4 Å². The summed E-state index contributed by atoms with van der Waals surface area (Å²) in [6.07, 6.45) is 2.43. The number of rotatable bonds is 10. The summed E-state index contributed by atoms with van der Waals surface area (Å²) in [6.45, 7) is -0.0300. The molecule has 0 fully saturated rings. The van der Waals surface area contributed by atoms with Gasteiger partial charge in [0.1, 0.15) is 28.2 Å². The first-order chi connectivity index (χ1) is 15.8. The third-order valence-electron chi connectivity index (χ3n) is 4.87. The minimum Gasteiger partial charge on any atom is -0.497 e. The van der Waals surface area contributed by atoms with Crippen molar-refractivity contribution in [2.45, 2.75) is 18.1 Å². The highest BCUT2D eigenvalue weighted by molar-refractivity contribution is 7.89. The Kier molecular flexibility index (Phi) is 7.96. The van der Waals surface area contributed by atoms with Gasteiger partial charge in [0, 0.05) is 36.3 Å². The van der Waals surface area contributed by atoms with E-state index in [0.717, 1.165) is 6.20 Å². The molecule has 9 nitrogen and oxygen atoms in total. The van der Waals surface area contributed by atoms with E-state index in [-0.39, 0.29) is 23.3 Å². The Morgan fingerprint density at radius 2 is 1.33 bits per heavy atom. The molecule has 0 unspecified atom stereocenters. The molecule has 1 heterocycles. The maximum atomic E-state index is 13.6. The maximum absolute atomic E-state index is 13.6. The van der Waals surface area contributed by atoms with Crippen molar-refractivity contribution in [1.82, 2.24) is 14.3 Å². The van der Waals surface area contributed by atoms with Crippen LogP contribution >= 0.6 is 11.6 Å². The SMILES string of the molecule is COc1ccc(CN(Cc2ccc(OC)cc2OC)S(=O)(=O)c2cncc(Cl)n2)c(OC)c1. The molecule has 0 spiro atoms. The van der Waals surface area contributed by atoms with E-state index in [1.165, 1.54) is 24.7 Å². The Morgan fingerprint density at radius 1 is 0.818 bits per heavy atom. The molecule has 3 rings (SSSR count). The smallest absolute Gasteiger partial charge is 0.262 e. The summed E-state index contributed by atoms with van der Waals surface area (Å²) in [7, 11) is 1.99. The van der Waals surface area contributed by atoms with Crippen molar-refractivity contribution in [3.8, 4) is 23.0 Å². The summed E-state index contributed by atoms with van der Waals surface area (Å²) in [5, 5.41) is -0.296. The number of aromatic nitrogens is 2. The number of benzene rings is 2. The molecule has 3 aromatic rings. The summed E-state index contributed by atoms with van der Waals surface area (Å²) < 4.78 is 49.8. The molecule has 0 N–H and O–H groups in total. The molecule has 0 aliphatic carbocycles. The summed E-state index contributed by atoms with van der Waals surface area (Å²) in [5.74, 6) is 2.13. The third-order valence-corrected chi connectivity index (χ3v) is 6.71. The number of nitrogens with zero attached hydrogens (tertiary/aromatic N) is 3.